The molecular formula is C11H13ArNO3. The number of ketones is 1. The molecule has 0 spiro atoms. The van der Waals surface area contributed by atoms with Crippen LogP contribution in [0.3, 0.4) is 0 Å². The van der Waals surface area contributed by atoms with Crippen LogP contribution in [0.4, 0.5) is 0 Å². The van der Waals surface area contributed by atoms with Crippen molar-refractivity contribution in [3.8, 4) is 0 Å². The molecule has 1 aromatic rings. The van der Waals surface area contributed by atoms with E-state index in [1.807, 2.05) is 13.8 Å². The monoisotopic (exact) mass is 247 g/mol. The molecule has 1 aliphatic rings. The third kappa shape index (κ3) is 2.34. The van der Waals surface area contributed by atoms with Crippen molar-refractivity contribution in [1.82, 2.24) is 0 Å². The zero-order valence-electron chi connectivity index (χ0n) is 9.15. The molecule has 16 heavy (non-hydrogen) atoms. The Balaban J connectivity index is 0.00000128. The number of furan rings is 1. The molecule has 2 N–H and O–H groups in total. The van der Waals surface area contributed by atoms with E-state index >= 15 is 0 Å². The second-order valence-corrected chi connectivity index (χ2v) is 4.75. The molecule has 0 radical (unpaired) electrons. The van der Waals surface area contributed by atoms with Gasteiger partial charge in [-0.25, -0.2) is 0 Å². The summed E-state index contributed by atoms with van der Waals surface area (Å²) in [4.78, 5) is 22.9. The Morgan fingerprint density at radius 3 is 2.62 bits per heavy atom. The van der Waals surface area contributed by atoms with Gasteiger partial charge in [0.25, 0.3) is 5.91 Å². The predicted octanol–water partition coefficient (Wildman–Crippen LogP) is 1.53. The number of amides is 1. The molecule has 88 valence electrons. The molecule has 0 atom stereocenters. The molecule has 0 unspecified atom stereocenters. The molecule has 1 aliphatic carbocycles. The summed E-state index contributed by atoms with van der Waals surface area (Å²) in [5, 5.41) is 0. The van der Waals surface area contributed by atoms with Crippen molar-refractivity contribution in [3.63, 3.8) is 0 Å². The van der Waals surface area contributed by atoms with E-state index in [0.29, 0.717) is 24.2 Å². The molecule has 0 bridgehead atoms. The largest absolute Gasteiger partial charge is 0.468 e. The van der Waals surface area contributed by atoms with E-state index in [0.717, 1.165) is 0 Å². The second-order valence-electron chi connectivity index (χ2n) is 4.75. The third-order valence-electron chi connectivity index (χ3n) is 2.69. The SMILES string of the molecule is CC1(C)CC(=O)c2c(C(N)=O)coc2C1.[Ar]. The molecule has 4 nitrogen and oxygen atoms in total. The fraction of sp³-hybridized carbons (Fsp3) is 0.455. The Morgan fingerprint density at radius 1 is 1.44 bits per heavy atom. The number of nitrogens with two attached hydrogens (primary N) is 1. The van der Waals surface area contributed by atoms with Crippen LogP contribution in [-0.4, -0.2) is 11.7 Å². The van der Waals surface area contributed by atoms with Crippen molar-refractivity contribution in [2.75, 3.05) is 0 Å². The van der Waals surface area contributed by atoms with Crippen molar-refractivity contribution in [1.29, 1.82) is 0 Å². The quantitative estimate of drug-likeness (QED) is 0.817. The molecule has 0 saturated heterocycles. The first-order chi connectivity index (χ1) is 6.91. The van der Waals surface area contributed by atoms with Crippen LogP contribution in [0, 0.1) is 43.2 Å². The molecule has 1 amide bonds. The van der Waals surface area contributed by atoms with Crippen LogP contribution in [-0.2, 0) is 6.42 Å². The van der Waals surface area contributed by atoms with E-state index in [-0.39, 0.29) is 54.5 Å². The Morgan fingerprint density at radius 2 is 2.06 bits per heavy atom. The fourth-order valence-electron chi connectivity index (χ4n) is 2.04. The Bertz CT molecular complexity index is 448. The predicted molar refractivity (Wildman–Crippen MR) is 53.7 cm³/mol. The van der Waals surface area contributed by atoms with Gasteiger partial charge in [-0.1, -0.05) is 13.8 Å². The molecule has 0 saturated carbocycles. The van der Waals surface area contributed by atoms with Gasteiger partial charge in [-0.3, -0.25) is 9.59 Å². The zero-order valence-corrected chi connectivity index (χ0v) is 9.85. The normalized spacial score (nSPS) is 17.5. The Hall–Kier alpha value is -0.320. The summed E-state index contributed by atoms with van der Waals surface area (Å²) >= 11 is 0. The van der Waals surface area contributed by atoms with Gasteiger partial charge in [-0.05, 0) is 5.41 Å². The standard InChI is InChI=1S/C11H13NO3.Ar/c1-11(2)3-7(13)9-6(10(12)14)5-15-8(9)4-11;/h5H,3-4H2,1-2H3,(H2,12,14);. The van der Waals surface area contributed by atoms with E-state index < -0.39 is 5.91 Å². The third-order valence-corrected chi connectivity index (χ3v) is 2.69. The Kier molecular flexibility index (Phi) is 3.87. The van der Waals surface area contributed by atoms with Crippen molar-refractivity contribution in [2.45, 2.75) is 26.7 Å². The summed E-state index contributed by atoms with van der Waals surface area (Å²) in [5.41, 5.74) is 5.66. The van der Waals surface area contributed by atoms with Crippen LogP contribution < -0.4 is 5.73 Å². The van der Waals surface area contributed by atoms with Crippen LogP contribution in [0.5, 0.6) is 0 Å². The molecule has 0 aromatic carbocycles. The first-order valence-electron chi connectivity index (χ1n) is 4.84. The molecule has 0 aliphatic heterocycles. The number of primary amides is 1. The van der Waals surface area contributed by atoms with Crippen molar-refractivity contribution in [3.05, 3.63) is 23.2 Å². The van der Waals surface area contributed by atoms with Gasteiger partial charge >= 0.3 is 0 Å². The van der Waals surface area contributed by atoms with Gasteiger partial charge in [0.15, 0.2) is 5.78 Å². The number of hydrogen-bond donors (Lipinski definition) is 1. The smallest absolute Gasteiger partial charge is 0.252 e. The topological polar surface area (TPSA) is 73.3 Å². The molecule has 2 rings (SSSR count). The number of Topliss-reactive ketones (excluding diaryl/α,β-unsaturated/α-hetero) is 1. The minimum absolute atomic E-state index is 0. The van der Waals surface area contributed by atoms with Crippen molar-refractivity contribution >= 4 is 11.7 Å². The van der Waals surface area contributed by atoms with E-state index in [1.54, 1.807) is 0 Å². The minimum Gasteiger partial charge on any atom is -0.468 e. The van der Waals surface area contributed by atoms with Crippen molar-refractivity contribution in [2.24, 2.45) is 11.1 Å². The fourth-order valence-corrected chi connectivity index (χ4v) is 2.04. The number of hydrogen-bond acceptors (Lipinski definition) is 3. The number of fused-ring (bicyclic) bond motifs is 1. The second kappa shape index (κ2) is 4.51. The zero-order chi connectivity index (χ0) is 11.2. The van der Waals surface area contributed by atoms with Crippen LogP contribution in [0.15, 0.2) is 10.7 Å². The van der Waals surface area contributed by atoms with Gasteiger partial charge in [0, 0.05) is 50.6 Å². The van der Waals surface area contributed by atoms with Crippen LogP contribution in [0.1, 0.15) is 46.7 Å². The molecular weight excluding hydrogens is 234 g/mol. The first kappa shape index (κ1) is 13.7. The summed E-state index contributed by atoms with van der Waals surface area (Å²) in [7, 11) is 0. The maximum atomic E-state index is 11.8. The average molecular weight is 247 g/mol. The van der Waals surface area contributed by atoms with Crippen LogP contribution >= 0.6 is 0 Å². The van der Waals surface area contributed by atoms with Gasteiger partial charge in [-0.15, -0.1) is 0 Å². The van der Waals surface area contributed by atoms with E-state index in [9.17, 15) is 9.59 Å². The maximum absolute atomic E-state index is 11.8. The number of carbonyl (C=O) groups is 2. The number of carbonyl (C=O) groups excluding carboxylic acids is 2. The van der Waals surface area contributed by atoms with E-state index in [1.165, 1.54) is 6.26 Å². The van der Waals surface area contributed by atoms with E-state index in [2.05, 4.69) is 0 Å². The van der Waals surface area contributed by atoms with Crippen molar-refractivity contribution < 1.29 is 51.7 Å². The summed E-state index contributed by atoms with van der Waals surface area (Å²) < 4.78 is 5.23. The summed E-state index contributed by atoms with van der Waals surface area (Å²) in [6, 6.07) is 0. The maximum Gasteiger partial charge on any atom is 0.252 e. The molecule has 0 fully saturated rings. The minimum atomic E-state index is -0.604. The van der Waals surface area contributed by atoms with Gasteiger partial charge in [-0.2, -0.15) is 0 Å². The van der Waals surface area contributed by atoms with Gasteiger partial charge in [0.05, 0.1) is 11.1 Å². The van der Waals surface area contributed by atoms with E-state index in [4.69, 9.17) is 10.2 Å². The Labute approximate surface area is 124 Å². The average Bonchev–Trinajstić information content (AvgIpc) is 2.45. The van der Waals surface area contributed by atoms with Crippen LogP contribution in [0.2, 0.25) is 0 Å². The summed E-state index contributed by atoms with van der Waals surface area (Å²) in [6.07, 6.45) is 2.38. The van der Waals surface area contributed by atoms with Gasteiger partial charge in [0.2, 0.25) is 0 Å². The molecule has 1 aromatic heterocycles. The number of rotatable bonds is 1. The first-order valence-corrected chi connectivity index (χ1v) is 4.84. The molecule has 1 heterocycles. The van der Waals surface area contributed by atoms with Crippen LogP contribution in [0.25, 0.3) is 0 Å². The summed E-state index contributed by atoms with van der Waals surface area (Å²) in [6.45, 7) is 4.00. The summed E-state index contributed by atoms with van der Waals surface area (Å²) in [5.74, 6) is -0.0677. The molecule has 5 heteroatoms. The van der Waals surface area contributed by atoms with Gasteiger partial charge in [0.1, 0.15) is 12.0 Å². The van der Waals surface area contributed by atoms with Gasteiger partial charge < -0.3 is 10.2 Å².